The van der Waals surface area contributed by atoms with Crippen molar-refractivity contribution in [2.45, 2.75) is 31.3 Å². The first kappa shape index (κ1) is 11.4. The van der Waals surface area contributed by atoms with Crippen molar-refractivity contribution in [1.82, 2.24) is 0 Å². The predicted octanol–water partition coefficient (Wildman–Crippen LogP) is 4.01. The number of hydrogen-bond acceptors (Lipinski definition) is 0. The number of hydrogen-bond donors (Lipinski definition) is 0. The maximum absolute atomic E-state index is 12.3. The highest BCUT2D eigenvalue weighted by molar-refractivity contribution is 6.51. The lowest BCUT2D eigenvalue weighted by Crippen LogP contribution is -2.24. The van der Waals surface area contributed by atoms with E-state index in [-0.39, 0.29) is 0 Å². The van der Waals surface area contributed by atoms with E-state index in [2.05, 4.69) is 0 Å². The van der Waals surface area contributed by atoms with Crippen LogP contribution >= 0.6 is 23.2 Å². The summed E-state index contributed by atoms with van der Waals surface area (Å²) in [4.78, 5) is 0. The molecule has 0 amide bonds. The van der Waals surface area contributed by atoms with Gasteiger partial charge in [0.25, 0.3) is 0 Å². The lowest BCUT2D eigenvalue weighted by Gasteiger charge is -2.16. The van der Waals surface area contributed by atoms with E-state index in [0.29, 0.717) is 0 Å². The van der Waals surface area contributed by atoms with Crippen LogP contribution in [-0.4, -0.2) is 10.5 Å². The molecular weight excluding hydrogens is 224 g/mol. The van der Waals surface area contributed by atoms with Crippen molar-refractivity contribution in [2.24, 2.45) is 17.3 Å². The normalized spacial score (nSPS) is 32.8. The molecule has 5 heteroatoms. The Balaban J connectivity index is 2.80. The van der Waals surface area contributed by atoms with Crippen LogP contribution < -0.4 is 0 Å². The fourth-order valence-electron chi connectivity index (χ4n) is 1.82. The Bertz CT molecular complexity index is 206. The molecule has 0 N–H and O–H groups in total. The van der Waals surface area contributed by atoms with Crippen LogP contribution in [0.1, 0.15) is 20.8 Å². The van der Waals surface area contributed by atoms with Crippen LogP contribution in [0.3, 0.4) is 0 Å². The lowest BCUT2D eigenvalue weighted by atomic mass is 9.99. The highest BCUT2D eigenvalue weighted by Crippen LogP contribution is 2.72. The van der Waals surface area contributed by atoms with Gasteiger partial charge in [-0.2, -0.15) is 13.2 Å². The second-order valence-corrected chi connectivity index (χ2v) is 5.54. The molecule has 1 saturated carbocycles. The highest BCUT2D eigenvalue weighted by Gasteiger charge is 2.74. The summed E-state index contributed by atoms with van der Waals surface area (Å²) >= 11 is 11.5. The van der Waals surface area contributed by atoms with Gasteiger partial charge in [-0.25, -0.2) is 0 Å². The first-order valence-electron chi connectivity index (χ1n) is 3.97. The third-order valence-electron chi connectivity index (χ3n) is 2.96. The Labute approximate surface area is 85.4 Å². The Hall–Kier alpha value is 0.370. The van der Waals surface area contributed by atoms with Gasteiger partial charge in [0.15, 0.2) is 0 Å². The van der Waals surface area contributed by atoms with Gasteiger partial charge in [-0.15, -0.1) is 23.2 Å². The zero-order valence-electron chi connectivity index (χ0n) is 7.54. The molecule has 78 valence electrons. The van der Waals surface area contributed by atoms with Crippen molar-refractivity contribution in [3.8, 4) is 0 Å². The molecule has 0 aromatic carbocycles. The molecule has 0 bridgehead atoms. The zero-order valence-corrected chi connectivity index (χ0v) is 9.06. The van der Waals surface area contributed by atoms with Crippen molar-refractivity contribution < 1.29 is 13.2 Å². The second-order valence-electron chi connectivity index (χ2n) is 4.15. The molecule has 0 saturated heterocycles. The van der Waals surface area contributed by atoms with Gasteiger partial charge in [-0.05, 0) is 0 Å². The Morgan fingerprint density at radius 3 is 1.62 bits per heavy atom. The average molecular weight is 235 g/mol. The van der Waals surface area contributed by atoms with Gasteiger partial charge in [0.2, 0.25) is 0 Å². The number of halogens is 5. The second kappa shape index (κ2) is 2.69. The Morgan fingerprint density at radius 2 is 1.54 bits per heavy atom. The summed E-state index contributed by atoms with van der Waals surface area (Å²) in [5.41, 5.74) is -0.648. The molecule has 0 heterocycles. The molecule has 1 aliphatic carbocycles. The maximum atomic E-state index is 12.3. The minimum absolute atomic E-state index is 0.648. The molecule has 2 atom stereocenters. The van der Waals surface area contributed by atoms with Crippen molar-refractivity contribution >= 4 is 23.2 Å². The fraction of sp³-hybridized carbons (Fsp3) is 1.00. The van der Waals surface area contributed by atoms with Crippen LogP contribution in [0.5, 0.6) is 0 Å². The summed E-state index contributed by atoms with van der Waals surface area (Å²) < 4.78 is 35.7. The van der Waals surface area contributed by atoms with Crippen molar-refractivity contribution in [3.05, 3.63) is 0 Å². The highest BCUT2D eigenvalue weighted by atomic mass is 35.5. The first-order chi connectivity index (χ1) is 5.53. The van der Waals surface area contributed by atoms with E-state index in [1.54, 1.807) is 13.8 Å². The summed E-state index contributed by atoms with van der Waals surface area (Å²) in [7, 11) is 0. The van der Waals surface area contributed by atoms with E-state index >= 15 is 0 Å². The molecule has 0 aliphatic heterocycles. The molecule has 13 heavy (non-hydrogen) atoms. The third-order valence-corrected chi connectivity index (χ3v) is 4.40. The number of alkyl halides is 5. The minimum atomic E-state index is -4.21. The Morgan fingerprint density at radius 1 is 1.23 bits per heavy atom. The number of rotatable bonds is 1. The standard InChI is InChI=1S/C8H11Cl2F3/c1-4(8(11,12)13)5-6(2,3)7(5,9)10/h4-5H,1-3H3/t4-,5?/m0/s1. The van der Waals surface area contributed by atoms with Crippen molar-refractivity contribution in [1.29, 1.82) is 0 Å². The molecule has 0 aromatic rings. The van der Waals surface area contributed by atoms with Gasteiger partial charge >= 0.3 is 6.18 Å². The molecule has 0 spiro atoms. The van der Waals surface area contributed by atoms with E-state index in [4.69, 9.17) is 23.2 Å². The van der Waals surface area contributed by atoms with Crippen LogP contribution in [0.25, 0.3) is 0 Å². The first-order valence-corrected chi connectivity index (χ1v) is 4.73. The van der Waals surface area contributed by atoms with Crippen LogP contribution in [0, 0.1) is 17.3 Å². The molecule has 0 aromatic heterocycles. The van der Waals surface area contributed by atoms with E-state index < -0.39 is 27.8 Å². The van der Waals surface area contributed by atoms with Crippen LogP contribution in [0.2, 0.25) is 0 Å². The lowest BCUT2D eigenvalue weighted by molar-refractivity contribution is -0.177. The Kier molecular flexibility index (Phi) is 2.37. The molecule has 1 rings (SSSR count). The van der Waals surface area contributed by atoms with Crippen LogP contribution in [0.4, 0.5) is 13.2 Å². The van der Waals surface area contributed by atoms with E-state index in [1.165, 1.54) is 0 Å². The summed E-state index contributed by atoms with van der Waals surface area (Å²) in [6, 6.07) is 0. The van der Waals surface area contributed by atoms with Gasteiger partial charge in [0.05, 0.1) is 5.92 Å². The summed E-state index contributed by atoms with van der Waals surface area (Å²) in [6.45, 7) is 4.43. The molecule has 0 nitrogen and oxygen atoms in total. The molecule has 1 fully saturated rings. The molecule has 0 radical (unpaired) electrons. The van der Waals surface area contributed by atoms with E-state index in [9.17, 15) is 13.2 Å². The zero-order chi connectivity index (χ0) is 10.7. The molecular formula is C8H11Cl2F3. The van der Waals surface area contributed by atoms with Gasteiger partial charge < -0.3 is 0 Å². The van der Waals surface area contributed by atoms with E-state index in [1.807, 2.05) is 0 Å². The van der Waals surface area contributed by atoms with Gasteiger partial charge in [0.1, 0.15) is 4.33 Å². The summed E-state index contributed by atoms with van der Waals surface area (Å²) in [5, 5.41) is 0. The van der Waals surface area contributed by atoms with Crippen molar-refractivity contribution in [3.63, 3.8) is 0 Å². The SMILES string of the molecule is C[C@@H](C1C(C)(C)C1(Cl)Cl)C(F)(F)F. The van der Waals surface area contributed by atoms with Crippen LogP contribution in [0.15, 0.2) is 0 Å². The minimum Gasteiger partial charge on any atom is -0.171 e. The maximum Gasteiger partial charge on any atom is 0.391 e. The van der Waals surface area contributed by atoms with Crippen LogP contribution in [-0.2, 0) is 0 Å². The predicted molar refractivity (Wildman–Crippen MR) is 46.9 cm³/mol. The average Bonchev–Trinajstić information content (AvgIpc) is 2.21. The van der Waals surface area contributed by atoms with Crippen molar-refractivity contribution in [2.75, 3.05) is 0 Å². The summed E-state index contributed by atoms with van der Waals surface area (Å²) in [5.74, 6) is -2.15. The smallest absolute Gasteiger partial charge is 0.171 e. The van der Waals surface area contributed by atoms with E-state index in [0.717, 1.165) is 6.92 Å². The molecule has 1 unspecified atom stereocenters. The monoisotopic (exact) mass is 234 g/mol. The van der Waals surface area contributed by atoms with Gasteiger partial charge in [-0.3, -0.25) is 0 Å². The fourth-order valence-corrected chi connectivity index (χ4v) is 2.87. The summed E-state index contributed by atoms with van der Waals surface area (Å²) in [6.07, 6.45) is -4.21. The quantitative estimate of drug-likeness (QED) is 0.602. The third kappa shape index (κ3) is 1.54. The van der Waals surface area contributed by atoms with Gasteiger partial charge in [0, 0.05) is 11.3 Å². The molecule has 1 aliphatic rings. The largest absolute Gasteiger partial charge is 0.391 e. The topological polar surface area (TPSA) is 0 Å². The van der Waals surface area contributed by atoms with Gasteiger partial charge in [-0.1, -0.05) is 20.8 Å².